The van der Waals surface area contributed by atoms with Crippen LogP contribution in [0.15, 0.2) is 0 Å². The average Bonchev–Trinajstić information content (AvgIpc) is 2.78. The molecule has 16 nitrogen and oxygen atoms in total. The first-order valence-electron chi connectivity index (χ1n) is 13.3. The minimum atomic E-state index is -1.80. The molecular weight excluding hydrogens is 598 g/mol. The van der Waals surface area contributed by atoms with Crippen LogP contribution in [0.4, 0.5) is 0 Å². The van der Waals surface area contributed by atoms with E-state index < -0.39 is 49.8 Å². The normalized spacial score (nSPS) is 21.3. The van der Waals surface area contributed by atoms with Crippen molar-refractivity contribution in [1.82, 2.24) is 15.1 Å². The van der Waals surface area contributed by atoms with Gasteiger partial charge in [-0.05, 0) is 6.92 Å². The molecule has 0 aliphatic carbocycles. The first-order valence-corrected chi connectivity index (χ1v) is 13.3. The van der Waals surface area contributed by atoms with Gasteiger partial charge in [0, 0.05) is 45.6 Å². The van der Waals surface area contributed by atoms with Crippen LogP contribution >= 0.6 is 0 Å². The number of likely N-dealkylation sites (N-methyl/N-ethyl adjacent to an activating group) is 1. The Hall–Kier alpha value is -2.37. The van der Waals surface area contributed by atoms with Crippen molar-refractivity contribution in [2.75, 3.05) is 98.2 Å². The van der Waals surface area contributed by atoms with Gasteiger partial charge in [0.25, 0.3) is 0 Å². The first-order chi connectivity index (χ1) is 18.7. The number of quaternary nitrogens is 2. The molecule has 1 saturated heterocycles. The summed E-state index contributed by atoms with van der Waals surface area (Å²) in [5.41, 5.74) is 0. The minimum Gasteiger partial charge on any atom is -0.480 e. The maximum Gasteiger partial charge on any atom is 2.00 e. The Kier molecular flexibility index (Phi) is 17.8. The summed E-state index contributed by atoms with van der Waals surface area (Å²) in [6.07, 6.45) is -1.21. The second-order valence-corrected chi connectivity index (χ2v) is 10.5. The number of carboxylic acids is 4. The number of hydrogen-bond donors (Lipinski definition) is 7. The summed E-state index contributed by atoms with van der Waals surface area (Å²) in [7, 11) is 0. The molecule has 0 aromatic rings. The predicted molar refractivity (Wildman–Crippen MR) is 139 cm³/mol. The minimum absolute atomic E-state index is 0. The van der Waals surface area contributed by atoms with E-state index in [1.807, 2.05) is 0 Å². The molecule has 1 aliphatic heterocycles. The van der Waals surface area contributed by atoms with Crippen LogP contribution in [0, 0.1) is 0 Å². The largest absolute Gasteiger partial charge is 2.00 e. The maximum absolute atomic E-state index is 12.4. The fourth-order valence-corrected chi connectivity index (χ4v) is 5.36. The third-order valence-corrected chi connectivity index (χ3v) is 7.06. The standard InChI is InChI=1S/C24H43N5O11.Cu/c1-2-25-19(30)13-26-5-3-9-29(17-23(37)38,18-24(39)40)12-8-27(14-20(31)32)6-4-10-28(11-7-26,15-21(33)34)16-22(35)36;/h21,33-34H,2-18H2,1H3,(H3-2,25,30,31,32,35,36,37,38,39,40);/q;+2/p+2/i;1+0. The summed E-state index contributed by atoms with van der Waals surface area (Å²) < 4.78 is -0.524. The number of nitrogens with one attached hydrogen (secondary N) is 1. The number of carboxylic acid groups (broad SMARTS) is 4. The molecule has 239 valence electrons. The summed E-state index contributed by atoms with van der Waals surface area (Å²) in [5.74, 6) is -4.94. The number of rotatable bonds is 13. The van der Waals surface area contributed by atoms with Crippen LogP contribution in [0.1, 0.15) is 19.8 Å². The molecule has 1 atom stereocenters. The van der Waals surface area contributed by atoms with E-state index in [0.717, 1.165) is 0 Å². The third kappa shape index (κ3) is 16.0. The Labute approximate surface area is 249 Å². The van der Waals surface area contributed by atoms with E-state index in [1.54, 1.807) is 16.7 Å². The molecule has 0 aromatic heterocycles. The number of hydrogen-bond acceptors (Lipinski definition) is 9. The Morgan fingerprint density at radius 1 is 0.683 bits per heavy atom. The van der Waals surface area contributed by atoms with Gasteiger partial charge in [0.15, 0.2) is 19.6 Å². The zero-order valence-electron chi connectivity index (χ0n) is 23.4. The Morgan fingerprint density at radius 2 is 1.12 bits per heavy atom. The smallest absolute Gasteiger partial charge is 0.480 e. The Balaban J connectivity index is 0.0000160. The monoisotopic (exact) mass is 643 g/mol. The fourth-order valence-electron chi connectivity index (χ4n) is 5.36. The van der Waals surface area contributed by atoms with E-state index in [9.17, 15) is 54.6 Å². The molecule has 1 heterocycles. The number of nitrogens with zero attached hydrogens (tertiary/aromatic N) is 4. The summed E-state index contributed by atoms with van der Waals surface area (Å²) >= 11 is 0. The fraction of sp³-hybridized carbons (Fsp3) is 0.792. The molecule has 1 amide bonds. The molecular formula is C24H45CuN5O11+4. The average molecular weight is 644 g/mol. The zero-order valence-corrected chi connectivity index (χ0v) is 24.4. The molecule has 1 unspecified atom stereocenters. The van der Waals surface area contributed by atoms with Crippen LogP contribution in [0.2, 0.25) is 0 Å². The molecule has 0 aromatic carbocycles. The summed E-state index contributed by atoms with van der Waals surface area (Å²) in [6.45, 7) is 1.31. The SMILES string of the molecule is CCNC(=O)CN1CCC[N+](CC(=O)O)(CC(=O)O)CCN(CC(=O)O)CCC[N+](CC(=O)O)(CC(O)O)CC1.[64Cu+2]. The molecule has 0 saturated carbocycles. The summed E-state index contributed by atoms with van der Waals surface area (Å²) in [6, 6.07) is 0. The van der Waals surface area contributed by atoms with Crippen LogP contribution in [-0.4, -0.2) is 184 Å². The molecule has 1 rings (SSSR count). The van der Waals surface area contributed by atoms with Gasteiger partial charge in [-0.3, -0.25) is 19.4 Å². The van der Waals surface area contributed by atoms with E-state index in [4.69, 9.17) is 0 Å². The van der Waals surface area contributed by atoms with E-state index in [0.29, 0.717) is 13.0 Å². The van der Waals surface area contributed by atoms with Gasteiger partial charge < -0.3 is 44.9 Å². The Morgan fingerprint density at radius 3 is 1.56 bits per heavy atom. The van der Waals surface area contributed by atoms with Gasteiger partial charge in [0.2, 0.25) is 12.2 Å². The molecule has 1 radical (unpaired) electrons. The van der Waals surface area contributed by atoms with Crippen molar-refractivity contribution in [2.45, 2.75) is 26.1 Å². The molecule has 41 heavy (non-hydrogen) atoms. The summed E-state index contributed by atoms with van der Waals surface area (Å²) in [5, 5.41) is 60.5. The number of aliphatic carboxylic acids is 4. The maximum atomic E-state index is 12.4. The van der Waals surface area contributed by atoms with Gasteiger partial charge in [-0.15, -0.1) is 0 Å². The number of aliphatic hydroxyl groups excluding tert-OH is 1. The van der Waals surface area contributed by atoms with Gasteiger partial charge >= 0.3 is 40.9 Å². The van der Waals surface area contributed by atoms with Crippen molar-refractivity contribution in [3.8, 4) is 0 Å². The van der Waals surface area contributed by atoms with Crippen molar-refractivity contribution >= 4 is 29.8 Å². The van der Waals surface area contributed by atoms with Crippen molar-refractivity contribution < 1.29 is 80.6 Å². The van der Waals surface area contributed by atoms with Crippen molar-refractivity contribution in [3.05, 3.63) is 0 Å². The van der Waals surface area contributed by atoms with Gasteiger partial charge in [-0.25, -0.2) is 14.4 Å². The molecule has 17 heteroatoms. The third-order valence-electron chi connectivity index (χ3n) is 7.06. The van der Waals surface area contributed by atoms with Crippen molar-refractivity contribution in [1.29, 1.82) is 0 Å². The van der Waals surface area contributed by atoms with Crippen LogP contribution in [-0.2, 0) is 41.0 Å². The van der Waals surface area contributed by atoms with E-state index in [-0.39, 0.29) is 110 Å². The van der Waals surface area contributed by atoms with Gasteiger partial charge in [0.05, 0.1) is 39.3 Å². The van der Waals surface area contributed by atoms with E-state index >= 15 is 0 Å². The molecule has 0 bridgehead atoms. The molecule has 1 aliphatic rings. The predicted octanol–water partition coefficient (Wildman–Crippen LogP) is -3.20. The summed E-state index contributed by atoms with van der Waals surface area (Å²) in [4.78, 5) is 62.5. The second-order valence-electron chi connectivity index (χ2n) is 10.5. The van der Waals surface area contributed by atoms with Gasteiger partial charge in [-0.2, -0.15) is 0 Å². The number of carbonyl (C=O) groups excluding carboxylic acids is 1. The zero-order chi connectivity index (χ0) is 30.3. The molecule has 7 N–H and O–H groups in total. The van der Waals surface area contributed by atoms with Crippen LogP contribution in [0.5, 0.6) is 0 Å². The van der Waals surface area contributed by atoms with Gasteiger partial charge in [-0.1, -0.05) is 0 Å². The van der Waals surface area contributed by atoms with Crippen LogP contribution < -0.4 is 5.32 Å². The van der Waals surface area contributed by atoms with Crippen molar-refractivity contribution in [3.63, 3.8) is 0 Å². The van der Waals surface area contributed by atoms with Crippen LogP contribution in [0.3, 0.4) is 0 Å². The van der Waals surface area contributed by atoms with Gasteiger partial charge in [0.1, 0.15) is 6.54 Å². The Bertz CT molecular complexity index is 863. The van der Waals surface area contributed by atoms with E-state index in [2.05, 4.69) is 5.32 Å². The second kappa shape index (κ2) is 18.9. The van der Waals surface area contributed by atoms with Crippen LogP contribution in [0.25, 0.3) is 0 Å². The molecule has 0 spiro atoms. The number of aliphatic hydroxyl groups is 2. The topological polar surface area (TPSA) is 225 Å². The van der Waals surface area contributed by atoms with E-state index in [1.165, 1.54) is 0 Å². The number of carbonyl (C=O) groups is 5. The first kappa shape index (κ1) is 38.6. The number of amides is 1. The quantitative estimate of drug-likeness (QED) is 0.0597. The molecule has 1 fully saturated rings. The van der Waals surface area contributed by atoms with Crippen molar-refractivity contribution in [2.24, 2.45) is 0 Å².